The molecular formula is C8H10O7S. The molecule has 1 rings (SSSR count). The third kappa shape index (κ3) is 6.76. The van der Waals surface area contributed by atoms with E-state index in [0.717, 1.165) is 0 Å². The van der Waals surface area contributed by atoms with Crippen LogP contribution in [-0.4, -0.2) is 33.7 Å². The molecule has 1 aromatic carbocycles. The van der Waals surface area contributed by atoms with Crippen LogP contribution >= 0.6 is 0 Å². The molecule has 0 fully saturated rings. The fourth-order valence-electron chi connectivity index (χ4n) is 0.888. The molecule has 0 bridgehead atoms. The molecule has 0 saturated carbocycles. The first kappa shape index (κ1) is 14.4. The number of hydrogen-bond donors (Lipinski definition) is 4. The fourth-order valence-corrected chi connectivity index (χ4v) is 0.888. The van der Waals surface area contributed by atoms with Crippen LogP contribution in [0.15, 0.2) is 18.2 Å². The van der Waals surface area contributed by atoms with Gasteiger partial charge < -0.3 is 10.2 Å². The zero-order chi connectivity index (χ0) is 12.9. The van der Waals surface area contributed by atoms with Crippen LogP contribution in [0.25, 0.3) is 0 Å². The van der Waals surface area contributed by atoms with Crippen LogP contribution in [0, 0.1) is 6.92 Å². The first-order valence-electron chi connectivity index (χ1n) is 3.84. The smallest absolute Gasteiger partial charge is 0.394 e. The van der Waals surface area contributed by atoms with Gasteiger partial charge in [0.15, 0.2) is 0 Å². The molecule has 0 radical (unpaired) electrons. The zero-order valence-electron chi connectivity index (χ0n) is 8.15. The molecule has 0 amide bonds. The summed E-state index contributed by atoms with van der Waals surface area (Å²) in [6.07, 6.45) is 0. The molecule has 0 aliphatic heterocycles. The van der Waals surface area contributed by atoms with Crippen molar-refractivity contribution in [3.8, 4) is 5.75 Å². The van der Waals surface area contributed by atoms with Gasteiger partial charge in [-0.1, -0.05) is 0 Å². The van der Waals surface area contributed by atoms with Crippen LogP contribution < -0.4 is 0 Å². The van der Waals surface area contributed by atoms with Gasteiger partial charge in [-0.25, -0.2) is 4.79 Å². The van der Waals surface area contributed by atoms with Crippen molar-refractivity contribution in [3.05, 3.63) is 29.3 Å². The summed E-state index contributed by atoms with van der Waals surface area (Å²) in [6, 6.07) is 4.16. The van der Waals surface area contributed by atoms with Crippen molar-refractivity contribution in [3.63, 3.8) is 0 Å². The van der Waals surface area contributed by atoms with E-state index in [0.29, 0.717) is 5.56 Å². The van der Waals surface area contributed by atoms with Crippen molar-refractivity contribution < 1.29 is 32.5 Å². The third-order valence-corrected chi connectivity index (χ3v) is 1.44. The molecule has 0 aliphatic rings. The minimum atomic E-state index is -4.67. The standard InChI is InChI=1S/C8H8O3.H2O4S/c1-5-4-6(9)2-3-7(5)8(10)11;1-5(2,3)4/h2-4,9H,1H3,(H,10,11);(H2,1,2,3,4). The maximum atomic E-state index is 10.5. The summed E-state index contributed by atoms with van der Waals surface area (Å²) in [7, 11) is -4.67. The van der Waals surface area contributed by atoms with Gasteiger partial charge in [-0.3, -0.25) is 9.11 Å². The van der Waals surface area contributed by atoms with Crippen molar-refractivity contribution in [2.24, 2.45) is 0 Å². The van der Waals surface area contributed by atoms with Crippen molar-refractivity contribution in [1.29, 1.82) is 0 Å². The Bertz CT molecular complexity index is 469. The van der Waals surface area contributed by atoms with Crippen LogP contribution in [-0.2, 0) is 10.4 Å². The van der Waals surface area contributed by atoms with Crippen molar-refractivity contribution in [2.45, 2.75) is 6.92 Å². The summed E-state index contributed by atoms with van der Waals surface area (Å²) in [5, 5.41) is 17.5. The molecule has 0 saturated heterocycles. The molecule has 0 unspecified atom stereocenters. The van der Waals surface area contributed by atoms with E-state index in [1.54, 1.807) is 6.92 Å². The van der Waals surface area contributed by atoms with E-state index in [-0.39, 0.29) is 11.3 Å². The minimum Gasteiger partial charge on any atom is -0.508 e. The van der Waals surface area contributed by atoms with Crippen LogP contribution in [0.3, 0.4) is 0 Å². The van der Waals surface area contributed by atoms with Gasteiger partial charge in [-0.15, -0.1) is 0 Å². The quantitative estimate of drug-likeness (QED) is 0.540. The normalized spacial score (nSPS) is 10.2. The predicted molar refractivity (Wildman–Crippen MR) is 54.0 cm³/mol. The lowest BCUT2D eigenvalue weighted by atomic mass is 10.1. The lowest BCUT2D eigenvalue weighted by molar-refractivity contribution is 0.0696. The van der Waals surface area contributed by atoms with E-state index in [2.05, 4.69) is 0 Å². The molecule has 90 valence electrons. The number of benzene rings is 1. The molecule has 0 spiro atoms. The number of aromatic carboxylic acids is 1. The Balaban J connectivity index is 0.000000385. The van der Waals surface area contributed by atoms with E-state index in [9.17, 15) is 4.79 Å². The lowest BCUT2D eigenvalue weighted by Crippen LogP contribution is -1.98. The maximum absolute atomic E-state index is 10.5. The molecule has 16 heavy (non-hydrogen) atoms. The van der Waals surface area contributed by atoms with Crippen LogP contribution in [0.1, 0.15) is 15.9 Å². The molecule has 4 N–H and O–H groups in total. The van der Waals surface area contributed by atoms with Crippen molar-refractivity contribution in [1.82, 2.24) is 0 Å². The number of carboxylic acid groups (broad SMARTS) is 1. The van der Waals surface area contributed by atoms with Gasteiger partial charge >= 0.3 is 16.4 Å². The number of carbonyl (C=O) groups is 1. The number of hydrogen-bond acceptors (Lipinski definition) is 4. The second-order valence-electron chi connectivity index (χ2n) is 2.75. The van der Waals surface area contributed by atoms with E-state index in [1.807, 2.05) is 0 Å². The SMILES string of the molecule is Cc1cc(O)ccc1C(=O)O.O=S(=O)(O)O. The van der Waals surface area contributed by atoms with Gasteiger partial charge in [0.25, 0.3) is 0 Å². The van der Waals surface area contributed by atoms with Crippen LogP contribution in [0.2, 0.25) is 0 Å². The number of rotatable bonds is 1. The molecule has 8 heteroatoms. The topological polar surface area (TPSA) is 132 Å². The third-order valence-electron chi connectivity index (χ3n) is 1.44. The largest absolute Gasteiger partial charge is 0.508 e. The number of phenolic OH excluding ortho intramolecular Hbond substituents is 1. The zero-order valence-corrected chi connectivity index (χ0v) is 8.97. The van der Waals surface area contributed by atoms with E-state index in [1.165, 1.54) is 18.2 Å². The number of phenols is 1. The highest BCUT2D eigenvalue weighted by atomic mass is 32.3. The summed E-state index contributed by atoms with van der Waals surface area (Å²) in [6.45, 7) is 1.64. The summed E-state index contributed by atoms with van der Waals surface area (Å²) in [5.41, 5.74) is 0.792. The Morgan fingerprint density at radius 1 is 1.25 bits per heavy atom. The molecular weight excluding hydrogens is 240 g/mol. The molecule has 7 nitrogen and oxygen atoms in total. The van der Waals surface area contributed by atoms with Gasteiger partial charge in [0.05, 0.1) is 5.56 Å². The van der Waals surface area contributed by atoms with Gasteiger partial charge in [0.2, 0.25) is 0 Å². The Kier molecular flexibility index (Phi) is 4.89. The summed E-state index contributed by atoms with van der Waals surface area (Å²) >= 11 is 0. The van der Waals surface area contributed by atoms with E-state index < -0.39 is 16.4 Å². The highest BCUT2D eigenvalue weighted by Gasteiger charge is 2.05. The molecule has 0 heterocycles. The summed E-state index contributed by atoms with van der Waals surface area (Å²) < 4.78 is 31.6. The average molecular weight is 250 g/mol. The maximum Gasteiger partial charge on any atom is 0.394 e. The predicted octanol–water partition coefficient (Wildman–Crippen LogP) is 0.746. The second-order valence-corrected chi connectivity index (χ2v) is 3.65. The Morgan fingerprint density at radius 2 is 1.69 bits per heavy atom. The van der Waals surface area contributed by atoms with Crippen molar-refractivity contribution in [2.75, 3.05) is 0 Å². The molecule has 0 atom stereocenters. The van der Waals surface area contributed by atoms with Crippen LogP contribution in [0.4, 0.5) is 0 Å². The van der Waals surface area contributed by atoms with Gasteiger partial charge in [-0.05, 0) is 30.7 Å². The van der Waals surface area contributed by atoms with Crippen LogP contribution in [0.5, 0.6) is 5.75 Å². The number of carboxylic acids is 1. The molecule has 1 aromatic rings. The van der Waals surface area contributed by atoms with E-state index in [4.69, 9.17) is 27.7 Å². The average Bonchev–Trinajstić information content (AvgIpc) is 1.99. The number of aromatic hydroxyl groups is 1. The Labute approximate surface area is 91.5 Å². The summed E-state index contributed by atoms with van der Waals surface area (Å²) in [5.74, 6) is -0.880. The van der Waals surface area contributed by atoms with Gasteiger partial charge in [0.1, 0.15) is 5.75 Å². The number of aryl methyl sites for hydroxylation is 1. The molecule has 0 aliphatic carbocycles. The van der Waals surface area contributed by atoms with Gasteiger partial charge in [0, 0.05) is 0 Å². The first-order valence-corrected chi connectivity index (χ1v) is 5.23. The highest BCUT2D eigenvalue weighted by Crippen LogP contribution is 2.14. The lowest BCUT2D eigenvalue weighted by Gasteiger charge is -1.99. The Morgan fingerprint density at radius 3 is 2.00 bits per heavy atom. The second kappa shape index (κ2) is 5.45. The fraction of sp³-hybridized carbons (Fsp3) is 0.125. The van der Waals surface area contributed by atoms with E-state index >= 15 is 0 Å². The monoisotopic (exact) mass is 250 g/mol. The summed E-state index contributed by atoms with van der Waals surface area (Å²) in [4.78, 5) is 10.5. The Hall–Kier alpha value is -1.64. The first-order chi connectivity index (χ1) is 7.11. The molecule has 0 aromatic heterocycles. The van der Waals surface area contributed by atoms with Gasteiger partial charge in [-0.2, -0.15) is 8.42 Å². The minimum absolute atomic E-state index is 0.0903. The van der Waals surface area contributed by atoms with Crippen molar-refractivity contribution >= 4 is 16.4 Å². The highest BCUT2D eigenvalue weighted by molar-refractivity contribution is 7.79.